The lowest BCUT2D eigenvalue weighted by atomic mass is 10.1. The first-order valence-electron chi connectivity index (χ1n) is 6.84. The van der Waals surface area contributed by atoms with E-state index in [-0.39, 0.29) is 5.69 Å². The van der Waals surface area contributed by atoms with E-state index in [1.54, 1.807) is 12.1 Å². The molecule has 0 aliphatic rings. The average molecular weight is 286 g/mol. The molecule has 2 N–H and O–H groups in total. The third-order valence-corrected chi connectivity index (χ3v) is 3.16. The summed E-state index contributed by atoms with van der Waals surface area (Å²) in [6, 6.07) is 14.4. The van der Waals surface area contributed by atoms with Gasteiger partial charge in [0.05, 0.1) is 11.5 Å². The van der Waals surface area contributed by atoms with Crippen molar-refractivity contribution in [3.8, 4) is 5.75 Å². The van der Waals surface area contributed by atoms with Crippen LogP contribution >= 0.6 is 0 Å². The van der Waals surface area contributed by atoms with E-state index in [2.05, 4.69) is 0 Å². The third-order valence-electron chi connectivity index (χ3n) is 3.16. The van der Waals surface area contributed by atoms with Gasteiger partial charge in [-0.15, -0.1) is 0 Å². The van der Waals surface area contributed by atoms with Gasteiger partial charge in [-0.05, 0) is 36.2 Å². The lowest BCUT2D eigenvalue weighted by Crippen LogP contribution is -2.03. The second-order valence-electron chi connectivity index (χ2n) is 4.70. The van der Waals surface area contributed by atoms with Crippen molar-refractivity contribution < 1.29 is 9.66 Å². The van der Waals surface area contributed by atoms with Crippen LogP contribution in [0.3, 0.4) is 0 Å². The molecule has 2 aromatic carbocycles. The van der Waals surface area contributed by atoms with Gasteiger partial charge >= 0.3 is 0 Å². The van der Waals surface area contributed by atoms with E-state index in [1.165, 1.54) is 17.7 Å². The van der Waals surface area contributed by atoms with Gasteiger partial charge in [0, 0.05) is 18.6 Å². The summed E-state index contributed by atoms with van der Waals surface area (Å²) in [6.07, 6.45) is 1.58. The molecular formula is C16H18N2O3. The van der Waals surface area contributed by atoms with Crippen LogP contribution in [0.1, 0.15) is 11.1 Å². The maximum Gasteiger partial charge on any atom is 0.269 e. The standard InChI is InChI=1S/C16H18N2O3/c17-11-9-13-3-7-16(8-4-13)21-12-10-14-1-5-15(6-2-14)18(19)20/h1-8H,9-12,17H2. The molecule has 0 fully saturated rings. The minimum Gasteiger partial charge on any atom is -0.493 e. The zero-order valence-corrected chi connectivity index (χ0v) is 11.7. The molecule has 2 aromatic rings. The van der Waals surface area contributed by atoms with Gasteiger partial charge in [0.15, 0.2) is 0 Å². The Balaban J connectivity index is 1.82. The summed E-state index contributed by atoms with van der Waals surface area (Å²) >= 11 is 0. The van der Waals surface area contributed by atoms with Crippen molar-refractivity contribution in [3.05, 3.63) is 69.8 Å². The SMILES string of the molecule is NCCc1ccc(OCCc2ccc([N+](=O)[O-])cc2)cc1. The van der Waals surface area contributed by atoms with Crippen molar-refractivity contribution in [3.63, 3.8) is 0 Å². The topological polar surface area (TPSA) is 78.4 Å². The number of hydrogen-bond donors (Lipinski definition) is 1. The zero-order valence-electron chi connectivity index (χ0n) is 11.7. The largest absolute Gasteiger partial charge is 0.493 e. The molecule has 0 saturated carbocycles. The van der Waals surface area contributed by atoms with Crippen molar-refractivity contribution in [1.82, 2.24) is 0 Å². The normalized spacial score (nSPS) is 10.3. The molecule has 0 heterocycles. The molecule has 0 saturated heterocycles. The number of nitrogens with two attached hydrogens (primary N) is 1. The molecule has 0 aliphatic carbocycles. The van der Waals surface area contributed by atoms with Gasteiger partial charge < -0.3 is 10.5 Å². The van der Waals surface area contributed by atoms with Crippen LogP contribution in [0.5, 0.6) is 5.75 Å². The Morgan fingerprint density at radius 1 is 0.952 bits per heavy atom. The van der Waals surface area contributed by atoms with Gasteiger partial charge in [0.1, 0.15) is 5.75 Å². The van der Waals surface area contributed by atoms with Crippen molar-refractivity contribution in [2.45, 2.75) is 12.8 Å². The van der Waals surface area contributed by atoms with Gasteiger partial charge in [-0.25, -0.2) is 0 Å². The minimum absolute atomic E-state index is 0.107. The summed E-state index contributed by atoms with van der Waals surface area (Å²) < 4.78 is 5.66. The van der Waals surface area contributed by atoms with Crippen LogP contribution in [-0.2, 0) is 12.8 Å². The van der Waals surface area contributed by atoms with Gasteiger partial charge in [-0.1, -0.05) is 24.3 Å². The Labute approximate surface area is 123 Å². The molecule has 0 bridgehead atoms. The Morgan fingerprint density at radius 2 is 1.52 bits per heavy atom. The highest BCUT2D eigenvalue weighted by atomic mass is 16.6. The van der Waals surface area contributed by atoms with Gasteiger partial charge in [0.2, 0.25) is 0 Å². The van der Waals surface area contributed by atoms with Crippen molar-refractivity contribution in [2.75, 3.05) is 13.2 Å². The average Bonchev–Trinajstić information content (AvgIpc) is 2.50. The fourth-order valence-corrected chi connectivity index (χ4v) is 1.99. The first-order chi connectivity index (χ1) is 10.2. The van der Waals surface area contributed by atoms with E-state index >= 15 is 0 Å². The molecule has 5 nitrogen and oxygen atoms in total. The second-order valence-corrected chi connectivity index (χ2v) is 4.70. The fourth-order valence-electron chi connectivity index (χ4n) is 1.99. The molecule has 0 amide bonds. The van der Waals surface area contributed by atoms with E-state index in [4.69, 9.17) is 10.5 Å². The molecule has 0 unspecified atom stereocenters. The number of rotatable bonds is 7. The third kappa shape index (κ3) is 4.57. The molecule has 0 aromatic heterocycles. The summed E-state index contributed by atoms with van der Waals surface area (Å²) in [5.41, 5.74) is 7.81. The van der Waals surface area contributed by atoms with Crippen LogP contribution in [-0.4, -0.2) is 18.1 Å². The van der Waals surface area contributed by atoms with E-state index in [0.717, 1.165) is 17.7 Å². The first-order valence-corrected chi connectivity index (χ1v) is 6.84. The molecule has 0 radical (unpaired) electrons. The Hall–Kier alpha value is -2.40. The molecule has 0 aliphatic heterocycles. The van der Waals surface area contributed by atoms with Gasteiger partial charge in [0.25, 0.3) is 5.69 Å². The lowest BCUT2D eigenvalue weighted by molar-refractivity contribution is -0.384. The summed E-state index contributed by atoms with van der Waals surface area (Å²) in [5, 5.41) is 10.6. The highest BCUT2D eigenvalue weighted by Gasteiger charge is 2.04. The highest BCUT2D eigenvalue weighted by molar-refractivity contribution is 5.33. The number of benzene rings is 2. The summed E-state index contributed by atoms with van der Waals surface area (Å²) in [7, 11) is 0. The van der Waals surface area contributed by atoms with Crippen molar-refractivity contribution >= 4 is 5.69 Å². The van der Waals surface area contributed by atoms with E-state index in [9.17, 15) is 10.1 Å². The predicted octanol–water partition coefficient (Wildman–Crippen LogP) is 2.72. The van der Waals surface area contributed by atoms with Crippen LogP contribution in [0.15, 0.2) is 48.5 Å². The van der Waals surface area contributed by atoms with Crippen molar-refractivity contribution in [2.24, 2.45) is 5.73 Å². The molecular weight excluding hydrogens is 268 g/mol. The summed E-state index contributed by atoms with van der Waals surface area (Å²) in [4.78, 5) is 10.2. The molecule has 0 atom stereocenters. The number of ether oxygens (including phenoxy) is 1. The predicted molar refractivity (Wildman–Crippen MR) is 81.5 cm³/mol. The van der Waals surface area contributed by atoms with Crippen molar-refractivity contribution in [1.29, 1.82) is 0 Å². The molecule has 0 spiro atoms. The maximum atomic E-state index is 10.6. The van der Waals surface area contributed by atoms with Crippen LogP contribution in [0.4, 0.5) is 5.69 Å². The highest BCUT2D eigenvalue weighted by Crippen LogP contribution is 2.15. The Bertz CT molecular complexity index is 579. The maximum absolute atomic E-state index is 10.6. The lowest BCUT2D eigenvalue weighted by Gasteiger charge is -2.07. The van der Waals surface area contributed by atoms with E-state index in [0.29, 0.717) is 19.6 Å². The molecule has 2 rings (SSSR count). The van der Waals surface area contributed by atoms with Crippen LogP contribution in [0.2, 0.25) is 0 Å². The van der Waals surface area contributed by atoms with Crippen LogP contribution in [0, 0.1) is 10.1 Å². The van der Waals surface area contributed by atoms with Gasteiger partial charge in [-0.2, -0.15) is 0 Å². The quantitative estimate of drug-likeness (QED) is 0.627. The van der Waals surface area contributed by atoms with E-state index < -0.39 is 4.92 Å². The number of non-ortho nitro benzene ring substituents is 1. The monoisotopic (exact) mass is 286 g/mol. The number of hydrogen-bond acceptors (Lipinski definition) is 4. The second kappa shape index (κ2) is 7.40. The zero-order chi connectivity index (χ0) is 15.1. The van der Waals surface area contributed by atoms with Crippen LogP contribution < -0.4 is 10.5 Å². The van der Waals surface area contributed by atoms with Crippen LogP contribution in [0.25, 0.3) is 0 Å². The number of nitro groups is 1. The minimum atomic E-state index is -0.400. The smallest absolute Gasteiger partial charge is 0.269 e. The number of nitrogens with zero attached hydrogens (tertiary/aromatic N) is 1. The molecule has 110 valence electrons. The Kier molecular flexibility index (Phi) is 5.29. The summed E-state index contributed by atoms with van der Waals surface area (Å²) in [6.45, 7) is 1.17. The van der Waals surface area contributed by atoms with Gasteiger partial charge in [-0.3, -0.25) is 10.1 Å². The fraction of sp³-hybridized carbons (Fsp3) is 0.250. The summed E-state index contributed by atoms with van der Waals surface area (Å²) in [5.74, 6) is 0.817. The number of nitro benzene ring substituents is 1. The Morgan fingerprint density at radius 3 is 2.10 bits per heavy atom. The molecule has 21 heavy (non-hydrogen) atoms. The molecule has 5 heteroatoms. The van der Waals surface area contributed by atoms with E-state index in [1.807, 2.05) is 24.3 Å². The first kappa shape index (κ1) is 15.0.